The summed E-state index contributed by atoms with van der Waals surface area (Å²) in [5.74, 6) is 0.754. The molecule has 3 heterocycles. The molecule has 0 radical (unpaired) electrons. The van der Waals surface area contributed by atoms with E-state index in [2.05, 4.69) is 33.1 Å². The average molecular weight is 394 g/mol. The third-order valence-corrected chi connectivity index (χ3v) is 5.59. The number of thiophene rings is 1. The minimum atomic E-state index is 0.00688. The Morgan fingerprint density at radius 3 is 3.00 bits per heavy atom. The summed E-state index contributed by atoms with van der Waals surface area (Å²) in [6.07, 6.45) is 2.93. The summed E-state index contributed by atoms with van der Waals surface area (Å²) in [6.45, 7) is 0.679. The Bertz CT molecular complexity index is 989. The van der Waals surface area contributed by atoms with Crippen LogP contribution in [0.1, 0.15) is 17.1 Å². The highest BCUT2D eigenvalue weighted by Gasteiger charge is 2.21. The SMILES string of the molecule is O=c1c2ccc(Cl)cc2nc2n1CC/C2=C\c1cc(Br)cs1. The van der Waals surface area contributed by atoms with Gasteiger partial charge in [0.1, 0.15) is 5.82 Å². The van der Waals surface area contributed by atoms with Crippen molar-refractivity contribution in [2.24, 2.45) is 0 Å². The lowest BCUT2D eigenvalue weighted by molar-refractivity contribution is 0.725. The molecule has 6 heteroatoms. The predicted molar refractivity (Wildman–Crippen MR) is 95.5 cm³/mol. The number of rotatable bonds is 1. The average Bonchev–Trinajstić information content (AvgIpc) is 3.07. The molecule has 1 aliphatic rings. The van der Waals surface area contributed by atoms with Gasteiger partial charge in [0.2, 0.25) is 0 Å². The molecule has 0 aliphatic carbocycles. The Morgan fingerprint density at radius 1 is 1.36 bits per heavy atom. The molecule has 1 aromatic carbocycles. The van der Waals surface area contributed by atoms with Crippen LogP contribution in [0.5, 0.6) is 0 Å². The molecule has 0 N–H and O–H groups in total. The second-order valence-electron chi connectivity index (χ2n) is 5.14. The Kier molecular flexibility index (Phi) is 3.44. The second kappa shape index (κ2) is 5.33. The molecule has 0 spiro atoms. The summed E-state index contributed by atoms with van der Waals surface area (Å²) in [6, 6.07) is 7.29. The van der Waals surface area contributed by atoms with E-state index in [-0.39, 0.29) is 5.56 Å². The summed E-state index contributed by atoms with van der Waals surface area (Å²) in [4.78, 5) is 18.4. The molecule has 0 fully saturated rings. The molecule has 4 rings (SSSR count). The molecule has 1 aliphatic heterocycles. The number of halogens is 2. The topological polar surface area (TPSA) is 34.9 Å². The first-order valence-electron chi connectivity index (χ1n) is 6.77. The van der Waals surface area contributed by atoms with Crippen LogP contribution in [0.4, 0.5) is 0 Å². The third-order valence-electron chi connectivity index (χ3n) is 3.71. The van der Waals surface area contributed by atoms with Gasteiger partial charge in [-0.15, -0.1) is 11.3 Å². The van der Waals surface area contributed by atoms with Crippen LogP contribution in [0, 0.1) is 0 Å². The number of benzene rings is 1. The third kappa shape index (κ3) is 2.33. The van der Waals surface area contributed by atoms with Gasteiger partial charge in [0.05, 0.1) is 10.9 Å². The first kappa shape index (κ1) is 14.2. The summed E-state index contributed by atoms with van der Waals surface area (Å²) in [7, 11) is 0. The number of hydrogen-bond donors (Lipinski definition) is 0. The van der Waals surface area contributed by atoms with Gasteiger partial charge in [-0.25, -0.2) is 4.98 Å². The van der Waals surface area contributed by atoms with E-state index in [9.17, 15) is 4.79 Å². The fraction of sp³-hybridized carbons (Fsp3) is 0.125. The summed E-state index contributed by atoms with van der Waals surface area (Å²) in [5, 5.41) is 3.26. The fourth-order valence-electron chi connectivity index (χ4n) is 2.70. The Hall–Kier alpha value is -1.43. The van der Waals surface area contributed by atoms with E-state index < -0.39 is 0 Å². The van der Waals surface area contributed by atoms with Gasteiger partial charge in [0.15, 0.2) is 0 Å². The molecule has 0 saturated heterocycles. The van der Waals surface area contributed by atoms with Crippen molar-refractivity contribution in [3.05, 3.63) is 60.2 Å². The molecule has 0 bridgehead atoms. The lowest BCUT2D eigenvalue weighted by Crippen LogP contribution is -2.20. The van der Waals surface area contributed by atoms with Gasteiger partial charge in [-0.05, 0) is 58.3 Å². The molecule has 2 aromatic heterocycles. The van der Waals surface area contributed by atoms with Gasteiger partial charge < -0.3 is 0 Å². The van der Waals surface area contributed by atoms with Crippen molar-refractivity contribution in [3.63, 3.8) is 0 Å². The predicted octanol–water partition coefficient (Wildman–Crippen LogP) is 4.82. The van der Waals surface area contributed by atoms with E-state index in [1.807, 2.05) is 5.38 Å². The van der Waals surface area contributed by atoms with Crippen molar-refractivity contribution in [2.75, 3.05) is 0 Å². The zero-order chi connectivity index (χ0) is 15.3. The highest BCUT2D eigenvalue weighted by atomic mass is 79.9. The highest BCUT2D eigenvalue weighted by molar-refractivity contribution is 9.10. The Labute approximate surface area is 144 Å². The van der Waals surface area contributed by atoms with E-state index in [4.69, 9.17) is 11.6 Å². The van der Waals surface area contributed by atoms with Gasteiger partial charge in [0.25, 0.3) is 5.56 Å². The quantitative estimate of drug-likeness (QED) is 0.594. The Morgan fingerprint density at radius 2 is 2.23 bits per heavy atom. The van der Waals surface area contributed by atoms with E-state index in [0.29, 0.717) is 22.5 Å². The molecule has 22 heavy (non-hydrogen) atoms. The van der Waals surface area contributed by atoms with Crippen LogP contribution >= 0.6 is 38.9 Å². The first-order chi connectivity index (χ1) is 10.6. The molecule has 110 valence electrons. The normalized spacial score (nSPS) is 15.6. The zero-order valence-electron chi connectivity index (χ0n) is 11.3. The van der Waals surface area contributed by atoms with Gasteiger partial charge in [-0.2, -0.15) is 0 Å². The van der Waals surface area contributed by atoms with E-state index >= 15 is 0 Å². The Balaban J connectivity index is 1.93. The fourth-order valence-corrected chi connectivity index (χ4v) is 4.27. The summed E-state index contributed by atoms with van der Waals surface area (Å²) < 4.78 is 2.82. The largest absolute Gasteiger partial charge is 0.292 e. The molecular formula is C16H10BrClN2OS. The number of fused-ring (bicyclic) bond motifs is 2. The molecule has 3 nitrogen and oxygen atoms in total. The van der Waals surface area contributed by atoms with E-state index in [1.165, 1.54) is 0 Å². The van der Waals surface area contributed by atoms with Crippen molar-refractivity contribution in [3.8, 4) is 0 Å². The van der Waals surface area contributed by atoms with Crippen LogP contribution in [0.15, 0.2) is 38.9 Å². The molecule has 0 atom stereocenters. The number of aromatic nitrogens is 2. The lowest BCUT2D eigenvalue weighted by Gasteiger charge is -2.05. The first-order valence-corrected chi connectivity index (χ1v) is 8.82. The van der Waals surface area contributed by atoms with E-state index in [0.717, 1.165) is 27.2 Å². The van der Waals surface area contributed by atoms with Crippen molar-refractivity contribution in [1.82, 2.24) is 9.55 Å². The van der Waals surface area contributed by atoms with Crippen LogP contribution in [0.2, 0.25) is 5.02 Å². The molecular weight excluding hydrogens is 384 g/mol. The van der Waals surface area contributed by atoms with Gasteiger partial charge >= 0.3 is 0 Å². The smallest absolute Gasteiger partial charge is 0.261 e. The number of hydrogen-bond acceptors (Lipinski definition) is 3. The van der Waals surface area contributed by atoms with Crippen molar-refractivity contribution >= 4 is 61.4 Å². The maximum absolute atomic E-state index is 12.6. The van der Waals surface area contributed by atoms with Crippen LogP contribution in [0.25, 0.3) is 22.6 Å². The zero-order valence-corrected chi connectivity index (χ0v) is 14.5. The summed E-state index contributed by atoms with van der Waals surface area (Å²) >= 11 is 11.1. The minimum absolute atomic E-state index is 0.00688. The second-order valence-corrected chi connectivity index (χ2v) is 7.44. The van der Waals surface area contributed by atoms with Gasteiger partial charge in [0, 0.05) is 26.3 Å². The highest BCUT2D eigenvalue weighted by Crippen LogP contribution is 2.30. The van der Waals surface area contributed by atoms with Gasteiger partial charge in [-0.3, -0.25) is 9.36 Å². The molecule has 3 aromatic rings. The lowest BCUT2D eigenvalue weighted by atomic mass is 10.2. The van der Waals surface area contributed by atoms with Crippen LogP contribution in [-0.4, -0.2) is 9.55 Å². The standard InChI is InChI=1S/C16H10BrClN2OS/c17-10-6-12(22-8-10)5-9-3-4-20-15(9)19-14-7-11(18)1-2-13(14)16(20)21/h1-2,5-8H,3-4H2/b9-5+. The van der Waals surface area contributed by atoms with Crippen LogP contribution in [-0.2, 0) is 6.54 Å². The number of allylic oxidation sites excluding steroid dienone is 1. The van der Waals surface area contributed by atoms with Crippen molar-refractivity contribution in [1.29, 1.82) is 0 Å². The molecule has 0 saturated carbocycles. The maximum Gasteiger partial charge on any atom is 0.261 e. The molecule has 0 amide bonds. The number of nitrogens with zero attached hydrogens (tertiary/aromatic N) is 2. The van der Waals surface area contributed by atoms with Crippen LogP contribution < -0.4 is 5.56 Å². The summed E-state index contributed by atoms with van der Waals surface area (Å²) in [5.41, 5.74) is 1.75. The minimum Gasteiger partial charge on any atom is -0.292 e. The molecule has 0 unspecified atom stereocenters. The van der Waals surface area contributed by atoms with Crippen molar-refractivity contribution in [2.45, 2.75) is 13.0 Å². The monoisotopic (exact) mass is 392 g/mol. The maximum atomic E-state index is 12.6. The van der Waals surface area contributed by atoms with Crippen LogP contribution in [0.3, 0.4) is 0 Å². The van der Waals surface area contributed by atoms with Crippen molar-refractivity contribution < 1.29 is 0 Å². The van der Waals surface area contributed by atoms with Gasteiger partial charge in [-0.1, -0.05) is 11.6 Å². The van der Waals surface area contributed by atoms with E-state index in [1.54, 1.807) is 34.1 Å².